The molecule has 58 heavy (non-hydrogen) atoms. The van der Waals surface area contributed by atoms with Gasteiger partial charge in [0, 0.05) is 38.6 Å². The first-order valence-electron chi connectivity index (χ1n) is 25.5. The van der Waals surface area contributed by atoms with E-state index in [4.69, 9.17) is 18.9 Å². The zero-order chi connectivity index (χ0) is 42.7. The van der Waals surface area contributed by atoms with E-state index in [1.54, 1.807) is 0 Å². The molecule has 0 aliphatic heterocycles. The highest BCUT2D eigenvalue weighted by Crippen LogP contribution is 2.23. The van der Waals surface area contributed by atoms with Crippen LogP contribution in [0.15, 0.2) is 0 Å². The van der Waals surface area contributed by atoms with Gasteiger partial charge in [-0.3, -0.25) is 9.59 Å². The minimum Gasteiger partial charge on any atom is -0.466 e. The number of carbonyl (C=O) groups excluding carboxylic acids is 2. The summed E-state index contributed by atoms with van der Waals surface area (Å²) in [5, 5.41) is 0. The van der Waals surface area contributed by atoms with E-state index in [0.29, 0.717) is 50.5 Å². The van der Waals surface area contributed by atoms with Gasteiger partial charge in [0.1, 0.15) is 0 Å². The van der Waals surface area contributed by atoms with Crippen LogP contribution in [0.2, 0.25) is 0 Å². The lowest BCUT2D eigenvalue weighted by molar-refractivity contribution is -0.145. The molecular formula is C51H101NO6. The van der Waals surface area contributed by atoms with E-state index in [9.17, 15) is 9.59 Å². The summed E-state index contributed by atoms with van der Waals surface area (Å²) in [6.07, 6.45) is 37.2. The Morgan fingerprint density at radius 3 is 1.22 bits per heavy atom. The summed E-state index contributed by atoms with van der Waals surface area (Å²) in [6.45, 7) is 17.8. The van der Waals surface area contributed by atoms with Crippen LogP contribution < -0.4 is 0 Å². The van der Waals surface area contributed by atoms with Crippen molar-refractivity contribution in [1.29, 1.82) is 0 Å². The van der Waals surface area contributed by atoms with Crippen LogP contribution in [0.5, 0.6) is 0 Å². The molecule has 0 spiro atoms. The molecule has 0 rings (SSSR count). The third kappa shape index (κ3) is 39.0. The molecule has 1 unspecified atom stereocenters. The van der Waals surface area contributed by atoms with Crippen LogP contribution >= 0.6 is 0 Å². The molecule has 0 radical (unpaired) electrons. The molecule has 0 amide bonds. The molecule has 7 heteroatoms. The van der Waals surface area contributed by atoms with Crippen molar-refractivity contribution in [3.05, 3.63) is 0 Å². The summed E-state index contributed by atoms with van der Waals surface area (Å²) in [5.74, 6) is 1.41. The van der Waals surface area contributed by atoms with Gasteiger partial charge in [0.25, 0.3) is 0 Å². The van der Waals surface area contributed by atoms with E-state index in [1.165, 1.54) is 135 Å². The van der Waals surface area contributed by atoms with Crippen LogP contribution in [0.4, 0.5) is 0 Å². The molecule has 0 saturated carbocycles. The van der Waals surface area contributed by atoms with Gasteiger partial charge in [-0.1, -0.05) is 182 Å². The van der Waals surface area contributed by atoms with Gasteiger partial charge in [0.15, 0.2) is 0 Å². The van der Waals surface area contributed by atoms with Crippen LogP contribution in [0.3, 0.4) is 0 Å². The molecule has 0 N–H and O–H groups in total. The lowest BCUT2D eigenvalue weighted by Gasteiger charge is -2.27. The first kappa shape index (κ1) is 56.8. The van der Waals surface area contributed by atoms with Crippen LogP contribution in [0.25, 0.3) is 0 Å². The van der Waals surface area contributed by atoms with Crippen LogP contribution in [-0.2, 0) is 28.5 Å². The van der Waals surface area contributed by atoms with Crippen molar-refractivity contribution in [2.75, 3.05) is 46.6 Å². The van der Waals surface area contributed by atoms with Gasteiger partial charge in [-0.2, -0.15) is 0 Å². The molecule has 7 nitrogen and oxygen atoms in total. The summed E-state index contributed by atoms with van der Waals surface area (Å²) in [5.41, 5.74) is 0. The summed E-state index contributed by atoms with van der Waals surface area (Å²) in [4.78, 5) is 27.0. The average Bonchev–Trinajstić information content (AvgIpc) is 3.20. The summed E-state index contributed by atoms with van der Waals surface area (Å²) < 4.78 is 23.7. The molecule has 346 valence electrons. The summed E-state index contributed by atoms with van der Waals surface area (Å²) >= 11 is 0. The first-order chi connectivity index (χ1) is 28.3. The zero-order valence-corrected chi connectivity index (χ0v) is 40.1. The number of nitrogens with zero attached hydrogens (tertiary/aromatic N) is 1. The first-order valence-corrected chi connectivity index (χ1v) is 25.5. The molecule has 0 aromatic rings. The Balaban J connectivity index is 4.01. The predicted octanol–water partition coefficient (Wildman–Crippen LogP) is 14.6. The normalized spacial score (nSPS) is 12.4. The second-order valence-corrected chi connectivity index (χ2v) is 18.1. The van der Waals surface area contributed by atoms with Crippen molar-refractivity contribution < 1.29 is 28.5 Å². The summed E-state index contributed by atoms with van der Waals surface area (Å²) in [7, 11) is 2.16. The quantitative estimate of drug-likeness (QED) is 0.0447. The summed E-state index contributed by atoms with van der Waals surface area (Å²) in [6, 6.07) is 0.473. The Bertz CT molecular complexity index is 848. The molecular weight excluding hydrogens is 723 g/mol. The van der Waals surface area contributed by atoms with Crippen LogP contribution in [0, 0.1) is 11.8 Å². The number of hydrogen-bond donors (Lipinski definition) is 0. The largest absolute Gasteiger partial charge is 0.466 e. The van der Waals surface area contributed by atoms with Crippen LogP contribution in [-0.4, -0.2) is 75.6 Å². The van der Waals surface area contributed by atoms with Crippen molar-refractivity contribution >= 4 is 11.9 Å². The van der Waals surface area contributed by atoms with Crippen molar-refractivity contribution in [2.45, 2.75) is 259 Å². The second-order valence-electron chi connectivity index (χ2n) is 18.1. The highest BCUT2D eigenvalue weighted by Gasteiger charge is 2.15. The monoisotopic (exact) mass is 824 g/mol. The maximum atomic E-state index is 12.3. The number of esters is 2. The number of carbonyl (C=O) groups is 2. The van der Waals surface area contributed by atoms with E-state index in [2.05, 4.69) is 53.5 Å². The topological polar surface area (TPSA) is 74.3 Å². The van der Waals surface area contributed by atoms with Gasteiger partial charge < -0.3 is 23.8 Å². The molecule has 0 aromatic heterocycles. The van der Waals surface area contributed by atoms with Gasteiger partial charge >= 0.3 is 11.9 Å². The molecule has 0 fully saturated rings. The van der Waals surface area contributed by atoms with E-state index in [-0.39, 0.29) is 18.0 Å². The highest BCUT2D eigenvalue weighted by atomic mass is 16.5. The fourth-order valence-electron chi connectivity index (χ4n) is 7.83. The van der Waals surface area contributed by atoms with E-state index in [0.717, 1.165) is 77.5 Å². The standard InChI is InChI=1S/C51H101NO6/c1-8-12-24-32-47(33-25-13-9-2)38-42-57-50(53)36-28-20-16-18-22-30-40-55-45-49(44-52(7)46(5)6)56-41-31-23-19-17-21-29-37-51(54)58-43-39-48(34-26-14-10-3)35-27-15-11-4/h46-49H,8-45H2,1-7H3. The molecule has 0 aromatic carbocycles. The number of ether oxygens (including phenoxy) is 4. The molecule has 0 aliphatic rings. The molecule has 0 saturated heterocycles. The maximum Gasteiger partial charge on any atom is 0.305 e. The molecule has 0 bridgehead atoms. The SMILES string of the molecule is CCCCCC(CCCCC)CCOC(=O)CCCCCCCCOCC(CN(C)C(C)C)OCCCCCCCCC(=O)OCCC(CCCCC)CCCCC. The maximum absolute atomic E-state index is 12.3. The van der Waals surface area contributed by atoms with Gasteiger partial charge in [-0.05, 0) is 71.3 Å². The Morgan fingerprint density at radius 1 is 0.448 bits per heavy atom. The fourth-order valence-corrected chi connectivity index (χ4v) is 7.83. The van der Waals surface area contributed by atoms with Gasteiger partial charge in [-0.25, -0.2) is 0 Å². The Labute approximate surface area is 362 Å². The lowest BCUT2D eigenvalue weighted by Crippen LogP contribution is -2.38. The lowest BCUT2D eigenvalue weighted by atomic mass is 9.92. The number of rotatable bonds is 46. The number of likely N-dealkylation sites (N-methyl/N-ethyl adjacent to an activating group) is 1. The molecule has 0 heterocycles. The minimum absolute atomic E-state index is 0.00981. The van der Waals surface area contributed by atoms with Crippen molar-refractivity contribution in [1.82, 2.24) is 4.90 Å². The predicted molar refractivity (Wildman–Crippen MR) is 248 cm³/mol. The smallest absolute Gasteiger partial charge is 0.305 e. The van der Waals surface area contributed by atoms with Gasteiger partial charge in [0.05, 0.1) is 25.9 Å². The Kier molecular flexibility index (Phi) is 43.0. The van der Waals surface area contributed by atoms with E-state index in [1.807, 2.05) is 0 Å². The van der Waals surface area contributed by atoms with Crippen molar-refractivity contribution in [2.24, 2.45) is 11.8 Å². The van der Waals surface area contributed by atoms with E-state index >= 15 is 0 Å². The fraction of sp³-hybridized carbons (Fsp3) is 0.961. The van der Waals surface area contributed by atoms with Gasteiger partial charge in [0.2, 0.25) is 0 Å². The number of hydrogen-bond acceptors (Lipinski definition) is 7. The third-order valence-electron chi connectivity index (χ3n) is 12.2. The molecule has 0 aliphatic carbocycles. The molecule has 1 atom stereocenters. The minimum atomic E-state index is -0.0101. The zero-order valence-electron chi connectivity index (χ0n) is 40.1. The number of unbranched alkanes of at least 4 members (excludes halogenated alkanes) is 18. The third-order valence-corrected chi connectivity index (χ3v) is 12.2. The Morgan fingerprint density at radius 2 is 0.828 bits per heavy atom. The average molecular weight is 824 g/mol. The highest BCUT2D eigenvalue weighted by molar-refractivity contribution is 5.69. The second kappa shape index (κ2) is 43.9. The van der Waals surface area contributed by atoms with Gasteiger partial charge in [-0.15, -0.1) is 0 Å². The van der Waals surface area contributed by atoms with Crippen LogP contribution in [0.1, 0.15) is 247 Å². The van der Waals surface area contributed by atoms with Crippen molar-refractivity contribution in [3.63, 3.8) is 0 Å². The van der Waals surface area contributed by atoms with E-state index < -0.39 is 0 Å². The Hall–Kier alpha value is -1.18. The van der Waals surface area contributed by atoms with Crippen molar-refractivity contribution in [3.8, 4) is 0 Å².